The number of ether oxygens (including phenoxy) is 2. The Labute approximate surface area is 106 Å². The van der Waals surface area contributed by atoms with Crippen LogP contribution in [-0.2, 0) is 14.3 Å². The highest BCUT2D eigenvalue weighted by Gasteiger charge is 2.38. The van der Waals surface area contributed by atoms with Crippen molar-refractivity contribution in [2.24, 2.45) is 10.9 Å². The van der Waals surface area contributed by atoms with Gasteiger partial charge >= 0.3 is 5.97 Å². The lowest BCUT2D eigenvalue weighted by molar-refractivity contribution is -0.145. The van der Waals surface area contributed by atoms with Crippen molar-refractivity contribution in [3.8, 4) is 0 Å². The number of hydrogen-bond donors (Lipinski definition) is 0. The van der Waals surface area contributed by atoms with Gasteiger partial charge in [0.15, 0.2) is 0 Å². The minimum absolute atomic E-state index is 0.0470. The normalized spacial score (nSPS) is 32.2. The molecular formula is C12H15NO3S. The van der Waals surface area contributed by atoms with Gasteiger partial charge in [-0.3, -0.25) is 9.79 Å². The molecule has 0 unspecified atom stereocenters. The number of carbonyl (C=O) groups is 1. The second-order valence-corrected chi connectivity index (χ2v) is 5.39. The summed E-state index contributed by atoms with van der Waals surface area (Å²) in [5, 5.41) is 1.09. The maximum absolute atomic E-state index is 10.7. The van der Waals surface area contributed by atoms with Gasteiger partial charge in [0, 0.05) is 25.7 Å². The van der Waals surface area contributed by atoms with Crippen molar-refractivity contribution < 1.29 is 14.3 Å². The van der Waals surface area contributed by atoms with Gasteiger partial charge in [0.25, 0.3) is 0 Å². The smallest absolute Gasteiger partial charge is 0.302 e. The van der Waals surface area contributed by atoms with Gasteiger partial charge in [-0.25, -0.2) is 0 Å². The van der Waals surface area contributed by atoms with E-state index in [1.165, 1.54) is 6.92 Å². The molecule has 2 aliphatic rings. The lowest BCUT2D eigenvalue weighted by Gasteiger charge is -2.29. The maximum atomic E-state index is 10.7. The fourth-order valence-electron chi connectivity index (χ4n) is 1.55. The average molecular weight is 253 g/mol. The molecule has 4 radical (unpaired) electrons. The molecule has 0 aromatic carbocycles. The molecule has 4 nitrogen and oxygen atoms in total. The highest BCUT2D eigenvalue weighted by molar-refractivity contribution is 8.14. The Kier molecular flexibility index (Phi) is 4.09. The molecule has 0 aromatic rings. The van der Waals surface area contributed by atoms with Crippen molar-refractivity contribution in [2.75, 3.05) is 6.61 Å². The summed E-state index contributed by atoms with van der Waals surface area (Å²) < 4.78 is 10.6. The molecule has 1 saturated heterocycles. The fourth-order valence-corrected chi connectivity index (χ4v) is 2.68. The fraction of sp³-hybridized carbons (Fsp3) is 0.667. The van der Waals surface area contributed by atoms with Gasteiger partial charge in [0.05, 0.1) is 11.1 Å². The average Bonchev–Trinajstić information content (AvgIpc) is 2.69. The second kappa shape index (κ2) is 5.40. The maximum Gasteiger partial charge on any atom is 0.302 e. The van der Waals surface area contributed by atoms with Crippen LogP contribution >= 0.6 is 11.8 Å². The van der Waals surface area contributed by atoms with E-state index in [0.717, 1.165) is 5.04 Å². The lowest BCUT2D eigenvalue weighted by atomic mass is 10.1. The van der Waals surface area contributed by atoms with E-state index >= 15 is 0 Å². The van der Waals surface area contributed by atoms with Gasteiger partial charge in [0.2, 0.25) is 0 Å². The van der Waals surface area contributed by atoms with Crippen LogP contribution in [0.25, 0.3) is 0 Å². The van der Waals surface area contributed by atoms with Crippen molar-refractivity contribution >= 4 is 22.8 Å². The van der Waals surface area contributed by atoms with Gasteiger partial charge in [-0.1, -0.05) is 25.6 Å². The van der Waals surface area contributed by atoms with Crippen LogP contribution < -0.4 is 0 Å². The Morgan fingerprint density at radius 3 is 3.00 bits per heavy atom. The molecule has 2 rings (SSSR count). The standard InChI is InChI=1S/C12H15NO3S/c1-7(2)11-13-10-5-4-9(6-15-8(3)14)16-12(10)17-11/h7,9-10,12H,6H2,1-3H3/t9-,10-,12-/m1/s1. The summed E-state index contributed by atoms with van der Waals surface area (Å²) in [5.74, 6) is 0.0960. The quantitative estimate of drug-likeness (QED) is 0.717. The van der Waals surface area contributed by atoms with Crippen LogP contribution in [-0.4, -0.2) is 35.2 Å². The minimum Gasteiger partial charge on any atom is -0.463 e. The van der Waals surface area contributed by atoms with Gasteiger partial charge in [-0.05, 0) is 0 Å². The van der Waals surface area contributed by atoms with Crippen molar-refractivity contribution in [3.05, 3.63) is 12.8 Å². The Hall–Kier alpha value is -0.550. The molecule has 2 aliphatic heterocycles. The van der Waals surface area contributed by atoms with Crippen LogP contribution in [0.1, 0.15) is 20.8 Å². The first-order chi connectivity index (χ1) is 8.06. The topological polar surface area (TPSA) is 47.9 Å². The molecule has 17 heavy (non-hydrogen) atoms. The molecule has 0 spiro atoms. The number of hydrogen-bond acceptors (Lipinski definition) is 5. The van der Waals surface area contributed by atoms with Crippen molar-refractivity contribution in [2.45, 2.75) is 38.4 Å². The Morgan fingerprint density at radius 1 is 1.59 bits per heavy atom. The summed E-state index contributed by atoms with van der Waals surface area (Å²) in [4.78, 5) is 15.2. The molecule has 2 heterocycles. The van der Waals surface area contributed by atoms with Gasteiger partial charge in [0.1, 0.15) is 18.1 Å². The summed E-state index contributed by atoms with van der Waals surface area (Å²) in [7, 11) is 0. The third-order valence-electron chi connectivity index (χ3n) is 2.38. The number of rotatable bonds is 3. The van der Waals surface area contributed by atoms with Crippen LogP contribution in [0.3, 0.4) is 0 Å². The first kappa shape index (κ1) is 12.9. The van der Waals surface area contributed by atoms with Crippen LogP contribution in [0.5, 0.6) is 0 Å². The summed E-state index contributed by atoms with van der Waals surface area (Å²) in [5.41, 5.74) is -0.0470. The minimum atomic E-state index is -0.325. The SMILES string of the molecule is CC(=O)OC[C@H]1[C][C][C@H]2N=C(C(C)C)S[C@H]2O1. The number of nitrogens with zero attached hydrogens (tertiary/aromatic N) is 1. The molecule has 0 saturated carbocycles. The molecule has 0 aromatic heterocycles. The molecule has 0 aliphatic carbocycles. The predicted molar refractivity (Wildman–Crippen MR) is 65.4 cm³/mol. The second-order valence-electron chi connectivity index (χ2n) is 4.27. The van der Waals surface area contributed by atoms with Gasteiger partial charge < -0.3 is 9.47 Å². The van der Waals surface area contributed by atoms with E-state index in [0.29, 0.717) is 5.92 Å². The highest BCUT2D eigenvalue weighted by atomic mass is 32.2. The first-order valence-corrected chi connectivity index (χ1v) is 6.48. The Balaban J connectivity index is 1.84. The zero-order valence-corrected chi connectivity index (χ0v) is 10.9. The number of aliphatic imine (C=N–C) groups is 1. The van der Waals surface area contributed by atoms with Crippen molar-refractivity contribution in [1.29, 1.82) is 0 Å². The Morgan fingerprint density at radius 2 is 2.35 bits per heavy atom. The highest BCUT2D eigenvalue weighted by Crippen LogP contribution is 2.37. The predicted octanol–water partition coefficient (Wildman–Crippen LogP) is 1.61. The van der Waals surface area contributed by atoms with Crippen molar-refractivity contribution in [1.82, 2.24) is 0 Å². The molecular weight excluding hydrogens is 238 g/mol. The van der Waals surface area contributed by atoms with Gasteiger partial charge in [-0.15, -0.1) is 0 Å². The first-order valence-electron chi connectivity index (χ1n) is 5.60. The zero-order valence-electron chi connectivity index (χ0n) is 10.1. The number of carbonyl (C=O) groups excluding carboxylic acids is 1. The van der Waals surface area contributed by atoms with Crippen molar-refractivity contribution in [3.63, 3.8) is 0 Å². The third kappa shape index (κ3) is 3.22. The molecule has 0 N–H and O–H groups in total. The molecule has 1 fully saturated rings. The van der Waals surface area contributed by atoms with Crippen LogP contribution in [0.2, 0.25) is 0 Å². The number of thioether (sulfide) groups is 1. The molecule has 3 atom stereocenters. The monoisotopic (exact) mass is 253 g/mol. The summed E-state index contributed by atoms with van der Waals surface area (Å²) in [6.07, 6.45) is 5.68. The molecule has 0 amide bonds. The van der Waals surface area contributed by atoms with Crippen LogP contribution in [0, 0.1) is 18.8 Å². The van der Waals surface area contributed by atoms with E-state index in [-0.39, 0.29) is 30.2 Å². The molecule has 5 heteroatoms. The molecule has 0 bridgehead atoms. The van der Waals surface area contributed by atoms with E-state index in [1.54, 1.807) is 11.8 Å². The van der Waals surface area contributed by atoms with Gasteiger partial charge in [-0.2, -0.15) is 0 Å². The number of esters is 1. The summed E-state index contributed by atoms with van der Waals surface area (Å²) in [6, 6.07) is -0.0639. The largest absolute Gasteiger partial charge is 0.463 e. The van der Waals surface area contributed by atoms with Crippen LogP contribution in [0.4, 0.5) is 0 Å². The molecule has 92 valence electrons. The van der Waals surface area contributed by atoms with E-state index in [2.05, 4.69) is 31.7 Å². The van der Waals surface area contributed by atoms with E-state index in [9.17, 15) is 4.79 Å². The lowest BCUT2D eigenvalue weighted by Crippen LogP contribution is -2.37. The summed E-state index contributed by atoms with van der Waals surface area (Å²) in [6.45, 7) is 5.78. The summed E-state index contributed by atoms with van der Waals surface area (Å²) >= 11 is 1.63. The van der Waals surface area contributed by atoms with E-state index in [1.807, 2.05) is 0 Å². The Bertz CT molecular complexity index is 330. The zero-order chi connectivity index (χ0) is 12.4. The third-order valence-corrected chi connectivity index (χ3v) is 3.80. The number of fused-ring (bicyclic) bond motifs is 1. The van der Waals surface area contributed by atoms with E-state index < -0.39 is 0 Å². The van der Waals surface area contributed by atoms with E-state index in [4.69, 9.17) is 9.47 Å². The van der Waals surface area contributed by atoms with Crippen LogP contribution in [0.15, 0.2) is 4.99 Å².